The normalized spacial score (nSPS) is 16.5. The molecule has 0 amide bonds. The van der Waals surface area contributed by atoms with Crippen LogP contribution in [-0.4, -0.2) is 43.9 Å². The van der Waals surface area contributed by atoms with Crippen molar-refractivity contribution in [2.45, 2.75) is 12.7 Å². The number of piperazine rings is 1. The van der Waals surface area contributed by atoms with E-state index >= 15 is 0 Å². The van der Waals surface area contributed by atoms with Crippen LogP contribution in [0.5, 0.6) is 0 Å². The smallest absolute Gasteiger partial charge is 0.218 e. The van der Waals surface area contributed by atoms with Crippen LogP contribution in [0.3, 0.4) is 0 Å². The molecule has 3 rings (SSSR count). The molecule has 122 valence electrons. The summed E-state index contributed by atoms with van der Waals surface area (Å²) >= 11 is 0. The van der Waals surface area contributed by atoms with Gasteiger partial charge in [-0.25, -0.2) is 8.42 Å². The fourth-order valence-corrected chi connectivity index (χ4v) is 4.46. The zero-order valence-electron chi connectivity index (χ0n) is 13.2. The average molecular weight is 331 g/mol. The van der Waals surface area contributed by atoms with Crippen molar-refractivity contribution in [3.63, 3.8) is 0 Å². The van der Waals surface area contributed by atoms with E-state index in [2.05, 4.69) is 9.88 Å². The van der Waals surface area contributed by atoms with Gasteiger partial charge in [-0.15, -0.1) is 0 Å². The second-order valence-corrected chi connectivity index (χ2v) is 7.74. The molecule has 0 atom stereocenters. The van der Waals surface area contributed by atoms with Gasteiger partial charge < -0.3 is 4.90 Å². The number of sulfonamides is 1. The molecule has 1 fully saturated rings. The van der Waals surface area contributed by atoms with Crippen molar-refractivity contribution >= 4 is 15.7 Å². The second kappa shape index (κ2) is 6.68. The number of benzene rings is 1. The van der Waals surface area contributed by atoms with E-state index < -0.39 is 10.0 Å². The number of pyridine rings is 1. The number of anilines is 1. The molecule has 1 saturated heterocycles. The number of rotatable bonds is 4. The van der Waals surface area contributed by atoms with Gasteiger partial charge in [-0.1, -0.05) is 24.3 Å². The quantitative estimate of drug-likeness (QED) is 0.860. The molecule has 1 aliphatic heterocycles. The summed E-state index contributed by atoms with van der Waals surface area (Å²) in [6, 6.07) is 11.6. The Morgan fingerprint density at radius 1 is 1.00 bits per heavy atom. The molecule has 1 aromatic heterocycles. The third-order valence-corrected chi connectivity index (χ3v) is 6.09. The Kier molecular flexibility index (Phi) is 4.63. The minimum absolute atomic E-state index is 0.0783. The van der Waals surface area contributed by atoms with Crippen molar-refractivity contribution in [2.24, 2.45) is 0 Å². The Hall–Kier alpha value is -1.92. The lowest BCUT2D eigenvalue weighted by Gasteiger charge is -2.35. The molecule has 2 aromatic rings. The van der Waals surface area contributed by atoms with Crippen molar-refractivity contribution in [1.29, 1.82) is 0 Å². The van der Waals surface area contributed by atoms with Gasteiger partial charge in [0.2, 0.25) is 10.0 Å². The monoisotopic (exact) mass is 331 g/mol. The molecule has 1 aromatic carbocycles. The summed E-state index contributed by atoms with van der Waals surface area (Å²) in [6.07, 6.45) is 3.52. The highest BCUT2D eigenvalue weighted by molar-refractivity contribution is 7.88. The van der Waals surface area contributed by atoms with Crippen molar-refractivity contribution < 1.29 is 8.42 Å². The zero-order chi connectivity index (χ0) is 16.3. The summed E-state index contributed by atoms with van der Waals surface area (Å²) in [7, 11) is -3.27. The van der Waals surface area contributed by atoms with Crippen LogP contribution in [0, 0.1) is 6.92 Å². The van der Waals surface area contributed by atoms with Gasteiger partial charge in [0, 0.05) is 44.3 Å². The third-order valence-electron chi connectivity index (χ3n) is 4.26. The Morgan fingerprint density at radius 3 is 2.30 bits per heavy atom. The molecular formula is C17H21N3O2S. The van der Waals surface area contributed by atoms with Gasteiger partial charge >= 0.3 is 0 Å². The summed E-state index contributed by atoms with van der Waals surface area (Å²) in [5.74, 6) is 0.0783. The highest BCUT2D eigenvalue weighted by Crippen LogP contribution is 2.19. The highest BCUT2D eigenvalue weighted by Gasteiger charge is 2.27. The molecule has 23 heavy (non-hydrogen) atoms. The van der Waals surface area contributed by atoms with E-state index in [0.717, 1.165) is 16.8 Å². The third kappa shape index (κ3) is 3.71. The van der Waals surface area contributed by atoms with Gasteiger partial charge in [0.15, 0.2) is 0 Å². The molecule has 0 saturated carbocycles. The van der Waals surface area contributed by atoms with E-state index in [1.165, 1.54) is 0 Å². The summed E-state index contributed by atoms with van der Waals surface area (Å²) in [5, 5.41) is 0. The maximum Gasteiger partial charge on any atom is 0.218 e. The van der Waals surface area contributed by atoms with Gasteiger partial charge in [-0.2, -0.15) is 4.31 Å². The van der Waals surface area contributed by atoms with Crippen molar-refractivity contribution in [2.75, 3.05) is 31.1 Å². The largest absolute Gasteiger partial charge is 0.369 e. The first-order valence-corrected chi connectivity index (χ1v) is 9.34. The van der Waals surface area contributed by atoms with Gasteiger partial charge in [0.05, 0.1) is 5.75 Å². The number of hydrogen-bond donors (Lipinski definition) is 0. The standard InChI is InChI=1S/C17H21N3O2S/c1-15-4-2-3-5-16(15)14-23(21,22)20-12-10-19(11-13-20)17-6-8-18-9-7-17/h2-9H,10-14H2,1H3. The molecule has 1 aliphatic rings. The molecule has 0 spiro atoms. The lowest BCUT2D eigenvalue weighted by atomic mass is 10.1. The van der Waals surface area contributed by atoms with Crippen LogP contribution in [0.25, 0.3) is 0 Å². The predicted octanol–water partition coefficient (Wildman–Crippen LogP) is 2.04. The van der Waals surface area contributed by atoms with Crippen LogP contribution in [0.1, 0.15) is 11.1 Å². The summed E-state index contributed by atoms with van der Waals surface area (Å²) < 4.78 is 26.9. The van der Waals surface area contributed by atoms with Gasteiger partial charge in [0.1, 0.15) is 0 Å². The first-order chi connectivity index (χ1) is 11.1. The molecule has 6 heteroatoms. The van der Waals surface area contributed by atoms with Crippen LogP contribution in [-0.2, 0) is 15.8 Å². The van der Waals surface area contributed by atoms with E-state index in [0.29, 0.717) is 26.2 Å². The topological polar surface area (TPSA) is 53.5 Å². The van der Waals surface area contributed by atoms with Crippen LogP contribution in [0.15, 0.2) is 48.8 Å². The fraction of sp³-hybridized carbons (Fsp3) is 0.353. The minimum Gasteiger partial charge on any atom is -0.369 e. The molecule has 0 N–H and O–H groups in total. The zero-order valence-corrected chi connectivity index (χ0v) is 14.0. The lowest BCUT2D eigenvalue weighted by Crippen LogP contribution is -2.49. The second-order valence-electron chi connectivity index (χ2n) is 5.77. The maximum absolute atomic E-state index is 12.6. The Balaban J connectivity index is 1.66. The van der Waals surface area contributed by atoms with E-state index in [1.54, 1.807) is 16.7 Å². The maximum atomic E-state index is 12.6. The first-order valence-electron chi connectivity index (χ1n) is 7.73. The van der Waals surface area contributed by atoms with Gasteiger partial charge in [-0.3, -0.25) is 4.98 Å². The van der Waals surface area contributed by atoms with E-state index in [9.17, 15) is 8.42 Å². The highest BCUT2D eigenvalue weighted by atomic mass is 32.2. The Labute approximate surface area is 137 Å². The Morgan fingerprint density at radius 2 is 1.65 bits per heavy atom. The molecule has 0 aliphatic carbocycles. The number of aryl methyl sites for hydroxylation is 1. The van der Waals surface area contributed by atoms with E-state index in [4.69, 9.17) is 0 Å². The molecule has 0 radical (unpaired) electrons. The summed E-state index contributed by atoms with van der Waals surface area (Å²) in [6.45, 7) is 4.41. The van der Waals surface area contributed by atoms with Crippen molar-refractivity contribution in [3.8, 4) is 0 Å². The molecule has 5 nitrogen and oxygen atoms in total. The molecule has 0 bridgehead atoms. The Bertz CT molecular complexity index is 754. The van der Waals surface area contributed by atoms with Gasteiger partial charge in [-0.05, 0) is 30.2 Å². The molecule has 0 unspecified atom stereocenters. The van der Waals surface area contributed by atoms with Gasteiger partial charge in [0.25, 0.3) is 0 Å². The number of aromatic nitrogens is 1. The first kappa shape index (κ1) is 16.0. The summed E-state index contributed by atoms with van der Waals surface area (Å²) in [5.41, 5.74) is 2.99. The fourth-order valence-electron chi connectivity index (χ4n) is 2.84. The number of nitrogens with zero attached hydrogens (tertiary/aromatic N) is 3. The molecular weight excluding hydrogens is 310 g/mol. The average Bonchev–Trinajstić information content (AvgIpc) is 2.58. The van der Waals surface area contributed by atoms with Crippen LogP contribution >= 0.6 is 0 Å². The summed E-state index contributed by atoms with van der Waals surface area (Å²) in [4.78, 5) is 6.21. The SMILES string of the molecule is Cc1ccccc1CS(=O)(=O)N1CCN(c2ccncc2)CC1. The van der Waals surface area contributed by atoms with Crippen LogP contribution in [0.2, 0.25) is 0 Å². The van der Waals surface area contributed by atoms with Crippen molar-refractivity contribution in [1.82, 2.24) is 9.29 Å². The van der Waals surface area contributed by atoms with E-state index in [1.807, 2.05) is 43.3 Å². The van der Waals surface area contributed by atoms with Crippen LogP contribution in [0.4, 0.5) is 5.69 Å². The predicted molar refractivity (Wildman–Crippen MR) is 91.8 cm³/mol. The van der Waals surface area contributed by atoms with Crippen molar-refractivity contribution in [3.05, 3.63) is 59.9 Å². The minimum atomic E-state index is -3.27. The number of hydrogen-bond acceptors (Lipinski definition) is 4. The van der Waals surface area contributed by atoms with E-state index in [-0.39, 0.29) is 5.75 Å². The lowest BCUT2D eigenvalue weighted by molar-refractivity contribution is 0.384. The molecule has 2 heterocycles. The van der Waals surface area contributed by atoms with Crippen LogP contribution < -0.4 is 4.90 Å².